The van der Waals surface area contributed by atoms with Gasteiger partial charge in [0.1, 0.15) is 0 Å². The first kappa shape index (κ1) is 12.4. The van der Waals surface area contributed by atoms with Crippen LogP contribution < -0.4 is 5.32 Å². The van der Waals surface area contributed by atoms with E-state index >= 15 is 0 Å². The van der Waals surface area contributed by atoms with E-state index in [0.717, 1.165) is 37.2 Å². The number of halogens is 1. The fourth-order valence-corrected chi connectivity index (χ4v) is 2.56. The molecule has 0 saturated heterocycles. The Bertz CT molecular complexity index is 617. The topological polar surface area (TPSA) is 32.6 Å². The summed E-state index contributed by atoms with van der Waals surface area (Å²) in [6.07, 6.45) is 2.10. The van der Waals surface area contributed by atoms with E-state index in [2.05, 4.69) is 45.2 Å². The highest BCUT2D eigenvalue weighted by atomic mass is 35.5. The molecule has 0 radical (unpaired) electrons. The number of benzene rings is 1. The molecule has 0 bridgehead atoms. The van der Waals surface area contributed by atoms with Crippen molar-refractivity contribution in [2.75, 3.05) is 26.7 Å². The van der Waals surface area contributed by atoms with E-state index in [1.54, 1.807) is 0 Å². The third kappa shape index (κ3) is 2.54. The summed E-state index contributed by atoms with van der Waals surface area (Å²) in [7, 11) is 2.06. The second-order valence-corrected chi connectivity index (χ2v) is 5.20. The molecule has 0 fully saturated rings. The van der Waals surface area contributed by atoms with Crippen molar-refractivity contribution in [2.45, 2.75) is 6.54 Å². The monoisotopic (exact) mass is 276 g/mol. The molecular formula is C14H17ClN4. The highest BCUT2D eigenvalue weighted by Gasteiger charge is 2.11. The molecule has 1 aromatic carbocycles. The first-order valence-corrected chi connectivity index (χ1v) is 6.86. The predicted molar refractivity (Wildman–Crippen MR) is 79.9 cm³/mol. The third-order valence-corrected chi connectivity index (χ3v) is 3.66. The lowest BCUT2D eigenvalue weighted by Crippen LogP contribution is -2.37. The summed E-state index contributed by atoms with van der Waals surface area (Å²) in [5.41, 5.74) is 1.22. The van der Waals surface area contributed by atoms with E-state index < -0.39 is 0 Å². The number of rotatable bonds is 3. The number of likely N-dealkylation sites (N-methyl/N-ethyl adjacent to an activating group) is 1. The van der Waals surface area contributed by atoms with Crippen molar-refractivity contribution < 1.29 is 0 Å². The molecule has 0 unspecified atom stereocenters. The van der Waals surface area contributed by atoms with E-state index in [-0.39, 0.29) is 0 Å². The second kappa shape index (κ2) is 5.13. The Balaban J connectivity index is 1.65. The molecule has 2 aromatic rings. The maximum absolute atomic E-state index is 5.99. The van der Waals surface area contributed by atoms with Gasteiger partial charge in [0.25, 0.3) is 0 Å². The number of hydrogen-bond acceptors (Lipinski definition) is 3. The van der Waals surface area contributed by atoms with Crippen molar-refractivity contribution in [3.8, 4) is 0 Å². The number of guanidine groups is 1. The summed E-state index contributed by atoms with van der Waals surface area (Å²) in [4.78, 5) is 6.56. The molecule has 19 heavy (non-hydrogen) atoms. The summed E-state index contributed by atoms with van der Waals surface area (Å²) < 4.78 is 2.23. The number of nitrogens with one attached hydrogen (secondary N) is 1. The van der Waals surface area contributed by atoms with Gasteiger partial charge in [-0.2, -0.15) is 0 Å². The number of nitrogens with zero attached hydrogens (tertiary/aromatic N) is 3. The van der Waals surface area contributed by atoms with Gasteiger partial charge in [0.05, 0.1) is 6.54 Å². The van der Waals surface area contributed by atoms with Gasteiger partial charge in [-0.05, 0) is 24.3 Å². The average Bonchev–Trinajstić information content (AvgIpc) is 2.97. The van der Waals surface area contributed by atoms with Gasteiger partial charge in [0.15, 0.2) is 5.96 Å². The standard InChI is InChI=1S/C14H17ClN4/c1-18-8-5-16-14(18)17-6-9-19-7-4-11-10-12(15)2-3-13(11)19/h2-4,7,10H,5-6,8-9H2,1H3,(H,16,17). The third-order valence-electron chi connectivity index (χ3n) is 3.43. The van der Waals surface area contributed by atoms with E-state index in [1.807, 2.05) is 12.1 Å². The molecule has 0 saturated carbocycles. The van der Waals surface area contributed by atoms with Gasteiger partial charge in [-0.15, -0.1) is 0 Å². The molecule has 1 aliphatic rings. The number of aliphatic imine (C=N–C) groups is 1. The maximum atomic E-state index is 5.99. The van der Waals surface area contributed by atoms with E-state index in [9.17, 15) is 0 Å². The minimum absolute atomic E-state index is 0.783. The minimum Gasteiger partial charge on any atom is -0.354 e. The lowest BCUT2D eigenvalue weighted by atomic mass is 10.2. The molecule has 0 aliphatic carbocycles. The van der Waals surface area contributed by atoms with Crippen molar-refractivity contribution in [3.05, 3.63) is 35.5 Å². The molecule has 0 atom stereocenters. The van der Waals surface area contributed by atoms with Crippen LogP contribution in [0.1, 0.15) is 0 Å². The molecule has 1 aliphatic heterocycles. The van der Waals surface area contributed by atoms with Gasteiger partial charge in [-0.1, -0.05) is 11.6 Å². The van der Waals surface area contributed by atoms with E-state index in [1.165, 1.54) is 10.9 Å². The van der Waals surface area contributed by atoms with Gasteiger partial charge in [0.2, 0.25) is 0 Å². The van der Waals surface area contributed by atoms with Gasteiger partial charge in [-0.3, -0.25) is 4.99 Å². The maximum Gasteiger partial charge on any atom is 0.193 e. The Kier molecular flexibility index (Phi) is 3.34. The van der Waals surface area contributed by atoms with E-state index in [4.69, 9.17) is 11.6 Å². The summed E-state index contributed by atoms with van der Waals surface area (Å²) in [6.45, 7) is 3.69. The molecule has 100 valence electrons. The molecule has 5 heteroatoms. The largest absolute Gasteiger partial charge is 0.354 e. The molecule has 1 N–H and O–H groups in total. The van der Waals surface area contributed by atoms with Crippen LogP contribution in [0, 0.1) is 0 Å². The van der Waals surface area contributed by atoms with Crippen LogP contribution in [-0.2, 0) is 6.54 Å². The van der Waals surface area contributed by atoms with Crippen LogP contribution in [0.2, 0.25) is 5.02 Å². The first-order chi connectivity index (χ1) is 9.24. The summed E-state index contributed by atoms with van der Waals surface area (Å²) in [5, 5.41) is 5.34. The average molecular weight is 277 g/mol. The van der Waals surface area contributed by atoms with Gasteiger partial charge >= 0.3 is 0 Å². The normalized spacial score (nSPS) is 15.1. The zero-order valence-corrected chi connectivity index (χ0v) is 11.7. The van der Waals surface area contributed by atoms with Crippen LogP contribution >= 0.6 is 11.6 Å². The van der Waals surface area contributed by atoms with Crippen LogP contribution in [0.3, 0.4) is 0 Å². The van der Waals surface area contributed by atoms with Crippen molar-refractivity contribution in [1.82, 2.24) is 14.8 Å². The Labute approximate surface area is 117 Å². The van der Waals surface area contributed by atoms with Crippen LogP contribution in [0.15, 0.2) is 35.5 Å². The summed E-state index contributed by atoms with van der Waals surface area (Å²) in [5.74, 6) is 1.000. The van der Waals surface area contributed by atoms with Crippen LogP contribution in [0.4, 0.5) is 0 Å². The second-order valence-electron chi connectivity index (χ2n) is 4.77. The Morgan fingerprint density at radius 2 is 2.26 bits per heavy atom. The van der Waals surface area contributed by atoms with Crippen LogP contribution in [-0.4, -0.2) is 42.1 Å². The lowest BCUT2D eigenvalue weighted by molar-refractivity contribution is 0.529. The molecule has 3 rings (SSSR count). The fraction of sp³-hybridized carbons (Fsp3) is 0.357. The van der Waals surface area contributed by atoms with Crippen LogP contribution in [0.25, 0.3) is 10.9 Å². The van der Waals surface area contributed by atoms with Gasteiger partial charge < -0.3 is 14.8 Å². The smallest absolute Gasteiger partial charge is 0.193 e. The van der Waals surface area contributed by atoms with Gasteiger partial charge in [0, 0.05) is 48.8 Å². The predicted octanol–water partition coefficient (Wildman–Crippen LogP) is 2.19. The summed E-state index contributed by atoms with van der Waals surface area (Å²) >= 11 is 5.99. The quantitative estimate of drug-likeness (QED) is 0.932. The molecule has 1 aromatic heterocycles. The molecule has 4 nitrogen and oxygen atoms in total. The zero-order valence-electron chi connectivity index (χ0n) is 10.9. The first-order valence-electron chi connectivity index (χ1n) is 6.48. The lowest BCUT2D eigenvalue weighted by Gasteiger charge is -2.15. The van der Waals surface area contributed by atoms with Crippen molar-refractivity contribution in [3.63, 3.8) is 0 Å². The molecular weight excluding hydrogens is 260 g/mol. The Morgan fingerprint density at radius 1 is 1.37 bits per heavy atom. The highest BCUT2D eigenvalue weighted by Crippen LogP contribution is 2.20. The van der Waals surface area contributed by atoms with Gasteiger partial charge in [-0.25, -0.2) is 0 Å². The van der Waals surface area contributed by atoms with Crippen molar-refractivity contribution in [1.29, 1.82) is 0 Å². The Morgan fingerprint density at radius 3 is 3.05 bits per heavy atom. The van der Waals surface area contributed by atoms with Crippen LogP contribution in [0.5, 0.6) is 0 Å². The summed E-state index contributed by atoms with van der Waals surface area (Å²) in [6, 6.07) is 8.09. The van der Waals surface area contributed by atoms with E-state index in [0.29, 0.717) is 0 Å². The fourth-order valence-electron chi connectivity index (χ4n) is 2.38. The number of hydrogen-bond donors (Lipinski definition) is 1. The molecule has 0 amide bonds. The molecule has 0 spiro atoms. The van der Waals surface area contributed by atoms with Crippen molar-refractivity contribution in [2.24, 2.45) is 4.99 Å². The van der Waals surface area contributed by atoms with Crippen molar-refractivity contribution >= 4 is 28.5 Å². The number of aromatic nitrogens is 1. The number of fused-ring (bicyclic) bond motifs is 1. The minimum atomic E-state index is 0.783. The zero-order chi connectivity index (χ0) is 13.2. The highest BCUT2D eigenvalue weighted by molar-refractivity contribution is 6.31. The SMILES string of the molecule is CN1CCN=C1NCCn1ccc2cc(Cl)ccc21. The Hall–Kier alpha value is -1.68. The molecule has 2 heterocycles.